The Morgan fingerprint density at radius 1 is 1.24 bits per heavy atom. The zero-order valence-corrected chi connectivity index (χ0v) is 15.2. The number of phenols is 1. The molecule has 25 heavy (non-hydrogen) atoms. The number of benzene rings is 1. The maximum Gasteiger partial charge on any atom is 0.339 e. The van der Waals surface area contributed by atoms with Crippen molar-refractivity contribution >= 4 is 11.0 Å². The van der Waals surface area contributed by atoms with Gasteiger partial charge >= 0.3 is 5.63 Å². The molecule has 0 bridgehead atoms. The molecule has 0 saturated carbocycles. The second-order valence-electron chi connectivity index (χ2n) is 7.61. The molecule has 4 nitrogen and oxygen atoms in total. The summed E-state index contributed by atoms with van der Waals surface area (Å²) in [5.41, 5.74) is 3.99. The first kappa shape index (κ1) is 16.6. The first-order chi connectivity index (χ1) is 12.1. The minimum atomic E-state index is -0.225. The molecule has 4 rings (SSSR count). The van der Waals surface area contributed by atoms with E-state index in [0.717, 1.165) is 60.8 Å². The highest BCUT2D eigenvalue weighted by Crippen LogP contribution is 2.36. The van der Waals surface area contributed by atoms with Crippen molar-refractivity contribution in [1.82, 2.24) is 4.90 Å². The molecule has 1 fully saturated rings. The molecule has 0 amide bonds. The lowest BCUT2D eigenvalue weighted by molar-refractivity contribution is 0.135. The van der Waals surface area contributed by atoms with E-state index in [1.807, 2.05) is 6.92 Å². The van der Waals surface area contributed by atoms with Crippen LogP contribution in [0.25, 0.3) is 11.0 Å². The van der Waals surface area contributed by atoms with Crippen LogP contribution < -0.4 is 5.63 Å². The lowest BCUT2D eigenvalue weighted by Gasteiger charge is -2.35. The summed E-state index contributed by atoms with van der Waals surface area (Å²) in [7, 11) is 0. The number of likely N-dealkylation sites (tertiary alicyclic amines) is 1. The lowest BCUT2D eigenvalue weighted by atomic mass is 9.96. The van der Waals surface area contributed by atoms with Gasteiger partial charge in [0.15, 0.2) is 0 Å². The topological polar surface area (TPSA) is 53.7 Å². The molecular formula is C21H27NO3. The zero-order chi connectivity index (χ0) is 17.6. The van der Waals surface area contributed by atoms with Gasteiger partial charge in [0.25, 0.3) is 0 Å². The van der Waals surface area contributed by atoms with E-state index in [4.69, 9.17) is 4.42 Å². The zero-order valence-electron chi connectivity index (χ0n) is 15.2. The highest BCUT2D eigenvalue weighted by molar-refractivity contribution is 5.87. The lowest BCUT2D eigenvalue weighted by Crippen LogP contribution is -2.38. The van der Waals surface area contributed by atoms with Gasteiger partial charge < -0.3 is 9.52 Å². The molecule has 1 aromatic carbocycles. The Labute approximate surface area is 148 Å². The van der Waals surface area contributed by atoms with E-state index < -0.39 is 0 Å². The Morgan fingerprint density at radius 3 is 2.84 bits per heavy atom. The van der Waals surface area contributed by atoms with Crippen molar-refractivity contribution in [2.45, 2.75) is 71.4 Å². The number of phenolic OH excluding ortho intramolecular Hbond substituents is 1. The van der Waals surface area contributed by atoms with Crippen molar-refractivity contribution in [3.8, 4) is 5.75 Å². The molecule has 4 heteroatoms. The smallest absolute Gasteiger partial charge is 0.339 e. The summed E-state index contributed by atoms with van der Waals surface area (Å²) >= 11 is 0. The van der Waals surface area contributed by atoms with Gasteiger partial charge in [-0.2, -0.15) is 0 Å². The van der Waals surface area contributed by atoms with Gasteiger partial charge in [0, 0.05) is 34.7 Å². The molecule has 2 aromatic rings. The largest absolute Gasteiger partial charge is 0.507 e. The van der Waals surface area contributed by atoms with Crippen LogP contribution in [0.1, 0.15) is 61.3 Å². The highest BCUT2D eigenvalue weighted by Gasteiger charge is 2.25. The van der Waals surface area contributed by atoms with Gasteiger partial charge in [0.05, 0.1) is 0 Å². The molecule has 1 aliphatic carbocycles. The predicted molar refractivity (Wildman–Crippen MR) is 99.3 cm³/mol. The summed E-state index contributed by atoms with van der Waals surface area (Å²) in [4.78, 5) is 14.7. The van der Waals surface area contributed by atoms with Gasteiger partial charge in [-0.1, -0.05) is 13.3 Å². The Kier molecular flexibility index (Phi) is 4.32. The first-order valence-corrected chi connectivity index (χ1v) is 9.64. The monoisotopic (exact) mass is 341 g/mol. The summed E-state index contributed by atoms with van der Waals surface area (Å²) in [5.74, 6) is 0.286. The number of fused-ring (bicyclic) bond motifs is 3. The van der Waals surface area contributed by atoms with E-state index in [1.165, 1.54) is 19.3 Å². The number of hydrogen-bond donors (Lipinski definition) is 1. The molecule has 134 valence electrons. The van der Waals surface area contributed by atoms with E-state index in [-0.39, 0.29) is 11.4 Å². The average molecular weight is 341 g/mol. The molecule has 1 atom stereocenters. The van der Waals surface area contributed by atoms with Gasteiger partial charge in [-0.25, -0.2) is 4.79 Å². The highest BCUT2D eigenvalue weighted by atomic mass is 16.4. The Bertz CT molecular complexity index is 868. The van der Waals surface area contributed by atoms with Gasteiger partial charge in [-0.3, -0.25) is 4.90 Å². The molecule has 1 N–H and O–H groups in total. The molecule has 1 saturated heterocycles. The van der Waals surface area contributed by atoms with Crippen molar-refractivity contribution in [1.29, 1.82) is 0 Å². The standard InChI is InChI=1S/C21H27NO3/c1-3-15-7-4-5-10-22(15)12-14-11-18-16-8-6-9-17(16)21(24)25-20(18)13(2)19(14)23/h11,15,23H,3-10,12H2,1-2H3/t15-/m0/s1. The number of hydrogen-bond acceptors (Lipinski definition) is 4. The Balaban J connectivity index is 1.81. The summed E-state index contributed by atoms with van der Waals surface area (Å²) in [5, 5.41) is 11.8. The summed E-state index contributed by atoms with van der Waals surface area (Å²) in [6.45, 7) is 5.97. The van der Waals surface area contributed by atoms with E-state index in [2.05, 4.69) is 17.9 Å². The molecule has 1 aromatic heterocycles. The van der Waals surface area contributed by atoms with E-state index in [9.17, 15) is 9.90 Å². The number of rotatable bonds is 3. The number of nitrogens with zero attached hydrogens (tertiary/aromatic N) is 1. The molecule has 2 heterocycles. The van der Waals surface area contributed by atoms with E-state index >= 15 is 0 Å². The van der Waals surface area contributed by atoms with E-state index in [1.54, 1.807) is 0 Å². The molecule has 1 aliphatic heterocycles. The van der Waals surface area contributed by atoms with Gasteiger partial charge in [-0.05, 0) is 63.6 Å². The van der Waals surface area contributed by atoms with Crippen LogP contribution in [0.15, 0.2) is 15.3 Å². The van der Waals surface area contributed by atoms with Crippen molar-refractivity contribution < 1.29 is 9.52 Å². The summed E-state index contributed by atoms with van der Waals surface area (Å²) in [6.07, 6.45) is 7.68. The van der Waals surface area contributed by atoms with Crippen LogP contribution >= 0.6 is 0 Å². The van der Waals surface area contributed by atoms with Gasteiger partial charge in [0.1, 0.15) is 11.3 Å². The molecular weight excluding hydrogens is 314 g/mol. The third-order valence-electron chi connectivity index (χ3n) is 6.14. The third-order valence-corrected chi connectivity index (χ3v) is 6.14. The number of aryl methyl sites for hydroxylation is 2. The molecule has 0 spiro atoms. The Hall–Kier alpha value is -1.81. The average Bonchev–Trinajstić information content (AvgIpc) is 3.12. The van der Waals surface area contributed by atoms with Crippen LogP contribution in [0, 0.1) is 6.92 Å². The van der Waals surface area contributed by atoms with Gasteiger partial charge in [-0.15, -0.1) is 0 Å². The first-order valence-electron chi connectivity index (χ1n) is 9.64. The second kappa shape index (κ2) is 6.49. The fourth-order valence-corrected chi connectivity index (χ4v) is 4.70. The van der Waals surface area contributed by atoms with E-state index in [0.29, 0.717) is 17.2 Å². The maximum absolute atomic E-state index is 12.2. The fraction of sp³-hybridized carbons (Fsp3) is 0.571. The quantitative estimate of drug-likeness (QED) is 0.856. The van der Waals surface area contributed by atoms with Crippen LogP contribution in [-0.4, -0.2) is 22.6 Å². The maximum atomic E-state index is 12.2. The van der Waals surface area contributed by atoms with Crippen LogP contribution in [0.2, 0.25) is 0 Å². The predicted octanol–water partition coefficient (Wildman–Crippen LogP) is 4.06. The number of aromatic hydroxyl groups is 1. The van der Waals surface area contributed by atoms with Crippen LogP contribution in [0.4, 0.5) is 0 Å². The van der Waals surface area contributed by atoms with Crippen molar-refractivity contribution in [3.63, 3.8) is 0 Å². The minimum absolute atomic E-state index is 0.225. The Morgan fingerprint density at radius 2 is 2.04 bits per heavy atom. The number of piperidine rings is 1. The van der Waals surface area contributed by atoms with Crippen LogP contribution in [0.3, 0.4) is 0 Å². The second-order valence-corrected chi connectivity index (χ2v) is 7.61. The molecule has 0 unspecified atom stereocenters. The molecule has 0 radical (unpaired) electrons. The summed E-state index contributed by atoms with van der Waals surface area (Å²) in [6, 6.07) is 2.68. The normalized spacial score (nSPS) is 21.0. The van der Waals surface area contributed by atoms with Crippen LogP contribution in [-0.2, 0) is 19.4 Å². The third kappa shape index (κ3) is 2.77. The van der Waals surface area contributed by atoms with Crippen molar-refractivity contribution in [2.24, 2.45) is 0 Å². The SMILES string of the molecule is CC[C@H]1CCCCN1Cc1cc2c3c(c(=O)oc2c(C)c1O)CCC3. The molecule has 2 aliphatic rings. The van der Waals surface area contributed by atoms with Crippen LogP contribution in [0.5, 0.6) is 5.75 Å². The van der Waals surface area contributed by atoms with Crippen molar-refractivity contribution in [3.05, 3.63) is 38.7 Å². The minimum Gasteiger partial charge on any atom is -0.507 e. The van der Waals surface area contributed by atoms with Gasteiger partial charge in [0.2, 0.25) is 0 Å². The fourth-order valence-electron chi connectivity index (χ4n) is 4.70. The summed E-state index contributed by atoms with van der Waals surface area (Å²) < 4.78 is 5.57. The van der Waals surface area contributed by atoms with Crippen molar-refractivity contribution in [2.75, 3.05) is 6.54 Å².